The molecule has 3 aromatic rings. The van der Waals surface area contributed by atoms with E-state index in [1.807, 2.05) is 42.7 Å². The van der Waals surface area contributed by atoms with Crippen molar-refractivity contribution in [2.75, 3.05) is 26.4 Å². The molecule has 0 bridgehead atoms. The molecule has 1 unspecified atom stereocenters. The molecule has 1 atom stereocenters. The quantitative estimate of drug-likeness (QED) is 0.519. The van der Waals surface area contributed by atoms with E-state index in [4.69, 9.17) is 0 Å². The first-order valence-electron chi connectivity index (χ1n) is 11.4. The maximum Gasteiger partial charge on any atom is 0.211 e. The third-order valence-corrected chi connectivity index (χ3v) is 8.03. The number of likely N-dealkylation sites (tertiary alicyclic amines) is 1. The summed E-state index contributed by atoms with van der Waals surface area (Å²) in [5, 5.41) is 9.55. The Hall–Kier alpha value is -3.12. The van der Waals surface area contributed by atoms with E-state index in [0.717, 1.165) is 42.6 Å². The van der Waals surface area contributed by atoms with E-state index in [-0.39, 0.29) is 18.0 Å². The van der Waals surface area contributed by atoms with Crippen LogP contribution < -0.4 is 0 Å². The summed E-state index contributed by atoms with van der Waals surface area (Å²) in [6.07, 6.45) is 10.1. The van der Waals surface area contributed by atoms with E-state index in [1.165, 1.54) is 10.6 Å². The third kappa shape index (κ3) is 5.33. The minimum Gasteiger partial charge on any atom is -0.295 e. The van der Waals surface area contributed by atoms with Crippen LogP contribution in [0.4, 0.5) is 0 Å². The van der Waals surface area contributed by atoms with Gasteiger partial charge in [-0.05, 0) is 53.8 Å². The highest BCUT2D eigenvalue weighted by atomic mass is 32.2. The van der Waals surface area contributed by atoms with Crippen LogP contribution in [0, 0.1) is 11.3 Å². The van der Waals surface area contributed by atoms with Crippen molar-refractivity contribution >= 4 is 10.0 Å². The van der Waals surface area contributed by atoms with Gasteiger partial charge in [-0.2, -0.15) is 5.26 Å². The van der Waals surface area contributed by atoms with Crippen molar-refractivity contribution in [3.63, 3.8) is 0 Å². The Morgan fingerprint density at radius 3 is 2.09 bits per heavy atom. The lowest BCUT2D eigenvalue weighted by atomic mass is 9.81. The van der Waals surface area contributed by atoms with Crippen LogP contribution in [0.2, 0.25) is 0 Å². The summed E-state index contributed by atoms with van der Waals surface area (Å²) in [6.45, 7) is 1.48. The summed E-state index contributed by atoms with van der Waals surface area (Å²) in [4.78, 5) is 11.2. The summed E-state index contributed by atoms with van der Waals surface area (Å²) < 4.78 is 25.7. The molecule has 2 aromatic heterocycles. The second kappa shape index (κ2) is 10.4. The van der Waals surface area contributed by atoms with Gasteiger partial charge in [-0.25, -0.2) is 12.7 Å². The van der Waals surface area contributed by atoms with Crippen molar-refractivity contribution in [3.8, 4) is 6.07 Å². The minimum absolute atomic E-state index is 0.0208. The van der Waals surface area contributed by atoms with Crippen LogP contribution in [0.25, 0.3) is 0 Å². The molecule has 1 aliphatic heterocycles. The second-order valence-electron chi connectivity index (χ2n) is 8.78. The number of hydrogen-bond acceptors (Lipinski definition) is 6. The first kappa shape index (κ1) is 24.0. The van der Waals surface area contributed by atoms with Crippen LogP contribution in [-0.4, -0.2) is 60.0 Å². The number of piperidine rings is 1. The summed E-state index contributed by atoms with van der Waals surface area (Å²) >= 11 is 0. The number of nitriles is 1. The Morgan fingerprint density at radius 2 is 1.59 bits per heavy atom. The average molecular weight is 476 g/mol. The fourth-order valence-electron chi connectivity index (χ4n) is 4.88. The Bertz CT molecular complexity index is 1200. The van der Waals surface area contributed by atoms with Crippen LogP contribution in [0.5, 0.6) is 0 Å². The lowest BCUT2D eigenvalue weighted by Crippen LogP contribution is -2.47. The van der Waals surface area contributed by atoms with Crippen LogP contribution in [0.3, 0.4) is 0 Å². The molecule has 34 heavy (non-hydrogen) atoms. The van der Waals surface area contributed by atoms with E-state index in [2.05, 4.69) is 39.1 Å². The van der Waals surface area contributed by atoms with E-state index in [0.29, 0.717) is 5.56 Å². The van der Waals surface area contributed by atoms with Crippen molar-refractivity contribution in [2.24, 2.45) is 0 Å². The van der Waals surface area contributed by atoms with E-state index < -0.39 is 10.0 Å². The van der Waals surface area contributed by atoms with Gasteiger partial charge < -0.3 is 0 Å². The first-order valence-corrected chi connectivity index (χ1v) is 13.2. The molecule has 0 amide bonds. The smallest absolute Gasteiger partial charge is 0.211 e. The number of hydrogen-bond donors (Lipinski definition) is 0. The van der Waals surface area contributed by atoms with Crippen LogP contribution >= 0.6 is 0 Å². The fourth-order valence-corrected chi connectivity index (χ4v) is 5.63. The van der Waals surface area contributed by atoms with Gasteiger partial charge >= 0.3 is 0 Å². The van der Waals surface area contributed by atoms with Crippen molar-refractivity contribution in [2.45, 2.75) is 30.8 Å². The Morgan fingerprint density at radius 1 is 1.00 bits per heavy atom. The number of sulfonamides is 1. The van der Waals surface area contributed by atoms with E-state index in [9.17, 15) is 13.7 Å². The van der Waals surface area contributed by atoms with Gasteiger partial charge in [0.2, 0.25) is 10.0 Å². The number of aromatic nitrogens is 2. The summed E-state index contributed by atoms with van der Waals surface area (Å²) in [7, 11) is -1.58. The molecule has 176 valence electrons. The Balaban J connectivity index is 1.76. The number of nitrogens with zero attached hydrogens (tertiary/aromatic N) is 5. The molecule has 1 fully saturated rings. The van der Waals surface area contributed by atoms with Crippen LogP contribution in [-0.2, 0) is 10.0 Å². The van der Waals surface area contributed by atoms with Crippen molar-refractivity contribution < 1.29 is 8.42 Å². The highest BCUT2D eigenvalue weighted by Crippen LogP contribution is 2.42. The van der Waals surface area contributed by atoms with Crippen LogP contribution in [0.1, 0.15) is 47.1 Å². The number of rotatable bonds is 7. The molecule has 4 rings (SSSR count). The van der Waals surface area contributed by atoms with Crippen molar-refractivity contribution in [3.05, 3.63) is 95.6 Å². The largest absolute Gasteiger partial charge is 0.295 e. The summed E-state index contributed by atoms with van der Waals surface area (Å²) in [5.41, 5.74) is 3.80. The predicted octanol–water partition coefficient (Wildman–Crippen LogP) is 3.58. The molecule has 0 spiro atoms. The number of benzene rings is 1. The van der Waals surface area contributed by atoms with Gasteiger partial charge in [0, 0.05) is 62.9 Å². The van der Waals surface area contributed by atoms with Gasteiger partial charge in [-0.15, -0.1) is 0 Å². The fraction of sp³-hybridized carbons (Fsp3) is 0.346. The SMILES string of the molecule is CN(C1CCN(C(c2cccc(C#N)c2)C(c2cccnc2)c2cccnc2)CC1)S(C)(=O)=O. The molecular weight excluding hydrogens is 446 g/mol. The monoisotopic (exact) mass is 475 g/mol. The highest BCUT2D eigenvalue weighted by molar-refractivity contribution is 7.88. The molecule has 1 aliphatic rings. The molecular formula is C26H29N5O2S. The zero-order valence-corrected chi connectivity index (χ0v) is 20.3. The predicted molar refractivity (Wildman–Crippen MR) is 131 cm³/mol. The molecule has 1 saturated heterocycles. The van der Waals surface area contributed by atoms with Gasteiger partial charge in [-0.3, -0.25) is 14.9 Å². The van der Waals surface area contributed by atoms with Gasteiger partial charge in [0.05, 0.1) is 17.9 Å². The maximum absolute atomic E-state index is 12.1. The Kier molecular flexibility index (Phi) is 7.37. The topological polar surface area (TPSA) is 90.2 Å². The molecule has 7 nitrogen and oxygen atoms in total. The molecule has 3 heterocycles. The van der Waals surface area contributed by atoms with Crippen molar-refractivity contribution in [1.29, 1.82) is 5.26 Å². The zero-order chi connectivity index (χ0) is 24.1. The molecule has 1 aromatic carbocycles. The zero-order valence-electron chi connectivity index (χ0n) is 19.4. The standard InChI is InChI=1S/C26H29N5O2S/c1-30(34(2,32)33)24-10-14-31(15-11-24)26(21-7-3-6-20(16-21)17-27)25(22-8-4-12-28-18-22)23-9-5-13-29-19-23/h3-9,12-13,16,18-19,24-26H,10-11,14-15H2,1-2H3. The van der Waals surface area contributed by atoms with E-state index >= 15 is 0 Å². The lowest BCUT2D eigenvalue weighted by molar-refractivity contribution is 0.115. The van der Waals surface area contributed by atoms with Gasteiger partial charge in [0.1, 0.15) is 0 Å². The second-order valence-corrected chi connectivity index (χ2v) is 10.8. The lowest BCUT2D eigenvalue weighted by Gasteiger charge is -2.43. The normalized spacial score (nSPS) is 16.4. The molecule has 0 N–H and O–H groups in total. The molecule has 0 radical (unpaired) electrons. The Labute approximate surface area is 201 Å². The number of pyridine rings is 2. The van der Waals surface area contributed by atoms with Crippen LogP contribution in [0.15, 0.2) is 73.3 Å². The van der Waals surface area contributed by atoms with Gasteiger partial charge in [0.25, 0.3) is 0 Å². The average Bonchev–Trinajstić information content (AvgIpc) is 2.87. The molecule has 8 heteroatoms. The first-order chi connectivity index (χ1) is 16.4. The minimum atomic E-state index is -3.24. The highest BCUT2D eigenvalue weighted by Gasteiger charge is 2.36. The summed E-state index contributed by atoms with van der Waals surface area (Å²) in [6, 6.07) is 18.0. The molecule has 0 saturated carbocycles. The summed E-state index contributed by atoms with van der Waals surface area (Å²) in [5.74, 6) is -0.0551. The van der Waals surface area contributed by atoms with Gasteiger partial charge in [0.15, 0.2) is 0 Å². The molecule has 0 aliphatic carbocycles. The van der Waals surface area contributed by atoms with E-state index in [1.54, 1.807) is 19.4 Å². The van der Waals surface area contributed by atoms with Crippen molar-refractivity contribution in [1.82, 2.24) is 19.2 Å². The third-order valence-electron chi connectivity index (χ3n) is 6.69. The maximum atomic E-state index is 12.1. The van der Waals surface area contributed by atoms with Gasteiger partial charge in [-0.1, -0.05) is 24.3 Å².